The molecule has 7 nitrogen and oxygen atoms in total. The van der Waals surface area contributed by atoms with E-state index in [1.54, 1.807) is 6.07 Å². The van der Waals surface area contributed by atoms with Crippen molar-refractivity contribution in [3.05, 3.63) is 60.6 Å². The van der Waals surface area contributed by atoms with Crippen LogP contribution >= 0.6 is 0 Å². The standard InChI is InChI=1S/C18H23N3O4S/c1-5-12-21(4)26(23,24)16-9-7-15(8-10-16)20-18(22)19-14(3)17-11-6-13(2)25-17/h5-11,14H,1,12H2,2-4H3,(H2,19,20,22). The van der Waals surface area contributed by atoms with Gasteiger partial charge in [0.2, 0.25) is 10.0 Å². The third kappa shape index (κ3) is 4.74. The van der Waals surface area contributed by atoms with Crippen LogP contribution in [-0.2, 0) is 10.0 Å². The first-order chi connectivity index (χ1) is 12.2. The third-order valence-electron chi connectivity index (χ3n) is 3.74. The number of anilines is 1. The van der Waals surface area contributed by atoms with Gasteiger partial charge in [0.15, 0.2) is 0 Å². The highest BCUT2D eigenvalue weighted by Crippen LogP contribution is 2.18. The first-order valence-corrected chi connectivity index (χ1v) is 9.49. The van der Waals surface area contributed by atoms with Crippen molar-refractivity contribution < 1.29 is 17.6 Å². The van der Waals surface area contributed by atoms with Crippen LogP contribution in [0.4, 0.5) is 10.5 Å². The number of carbonyl (C=O) groups is 1. The Morgan fingerprint density at radius 3 is 2.46 bits per heavy atom. The van der Waals surface area contributed by atoms with E-state index in [9.17, 15) is 13.2 Å². The molecule has 0 radical (unpaired) electrons. The largest absolute Gasteiger partial charge is 0.464 e. The number of likely N-dealkylation sites (N-methyl/N-ethyl adjacent to an activating group) is 1. The summed E-state index contributed by atoms with van der Waals surface area (Å²) >= 11 is 0. The van der Waals surface area contributed by atoms with Gasteiger partial charge in [-0.05, 0) is 50.2 Å². The van der Waals surface area contributed by atoms with Crippen LogP contribution in [0.1, 0.15) is 24.5 Å². The number of carbonyl (C=O) groups excluding carboxylic acids is 1. The smallest absolute Gasteiger partial charge is 0.319 e. The molecule has 1 unspecified atom stereocenters. The van der Waals surface area contributed by atoms with E-state index in [0.717, 1.165) is 5.76 Å². The van der Waals surface area contributed by atoms with Crippen LogP contribution in [-0.4, -0.2) is 32.3 Å². The molecule has 0 aliphatic carbocycles. The van der Waals surface area contributed by atoms with Crippen molar-refractivity contribution in [1.29, 1.82) is 0 Å². The molecular formula is C18H23N3O4S. The number of furan rings is 1. The van der Waals surface area contributed by atoms with Gasteiger partial charge in [-0.2, -0.15) is 4.31 Å². The van der Waals surface area contributed by atoms with Crippen LogP contribution in [0.5, 0.6) is 0 Å². The van der Waals surface area contributed by atoms with Crippen LogP contribution in [0.15, 0.2) is 58.4 Å². The van der Waals surface area contributed by atoms with Crippen LogP contribution in [0.25, 0.3) is 0 Å². The van der Waals surface area contributed by atoms with Gasteiger partial charge < -0.3 is 15.1 Å². The minimum atomic E-state index is -3.58. The molecule has 0 bridgehead atoms. The van der Waals surface area contributed by atoms with Gasteiger partial charge >= 0.3 is 6.03 Å². The van der Waals surface area contributed by atoms with Crippen molar-refractivity contribution >= 4 is 21.7 Å². The summed E-state index contributed by atoms with van der Waals surface area (Å²) in [5.74, 6) is 1.43. The molecule has 1 aromatic carbocycles. The molecule has 1 atom stereocenters. The lowest BCUT2D eigenvalue weighted by Crippen LogP contribution is -2.31. The zero-order chi connectivity index (χ0) is 19.3. The molecule has 8 heteroatoms. The third-order valence-corrected chi connectivity index (χ3v) is 5.58. The van der Waals surface area contributed by atoms with Crippen LogP contribution in [0.3, 0.4) is 0 Å². The summed E-state index contributed by atoms with van der Waals surface area (Å²) in [6.45, 7) is 7.39. The summed E-state index contributed by atoms with van der Waals surface area (Å²) in [7, 11) is -2.10. The van der Waals surface area contributed by atoms with Gasteiger partial charge in [0.25, 0.3) is 0 Å². The summed E-state index contributed by atoms with van der Waals surface area (Å²) in [6.07, 6.45) is 1.51. The Kier molecular flexibility index (Phi) is 6.23. The van der Waals surface area contributed by atoms with Crippen LogP contribution in [0, 0.1) is 6.92 Å². The lowest BCUT2D eigenvalue weighted by Gasteiger charge is -2.16. The molecule has 0 aliphatic rings. The lowest BCUT2D eigenvalue weighted by molar-refractivity contribution is 0.247. The van der Waals surface area contributed by atoms with Gasteiger partial charge in [0.1, 0.15) is 11.5 Å². The number of hydrogen-bond acceptors (Lipinski definition) is 4. The van der Waals surface area contributed by atoms with Gasteiger partial charge in [-0.1, -0.05) is 6.08 Å². The van der Waals surface area contributed by atoms with E-state index in [-0.39, 0.29) is 17.5 Å². The fraction of sp³-hybridized carbons (Fsp3) is 0.278. The molecule has 1 aromatic heterocycles. The van der Waals surface area contributed by atoms with Crippen LogP contribution in [0.2, 0.25) is 0 Å². The molecule has 0 aliphatic heterocycles. The van der Waals surface area contributed by atoms with Crippen molar-refractivity contribution in [1.82, 2.24) is 9.62 Å². The topological polar surface area (TPSA) is 91.7 Å². The molecule has 2 amide bonds. The summed E-state index contributed by atoms with van der Waals surface area (Å²) in [6, 6.07) is 8.90. The first-order valence-electron chi connectivity index (χ1n) is 8.05. The van der Waals surface area contributed by atoms with Gasteiger partial charge in [-0.15, -0.1) is 6.58 Å². The van der Waals surface area contributed by atoms with Crippen molar-refractivity contribution in [2.24, 2.45) is 0 Å². The second-order valence-electron chi connectivity index (χ2n) is 5.87. The maximum atomic E-state index is 12.3. The average Bonchev–Trinajstić information content (AvgIpc) is 3.02. The number of sulfonamides is 1. The highest BCUT2D eigenvalue weighted by molar-refractivity contribution is 7.89. The summed E-state index contributed by atoms with van der Waals surface area (Å²) < 4.78 is 31.3. The van der Waals surface area contributed by atoms with Crippen molar-refractivity contribution in [2.45, 2.75) is 24.8 Å². The highest BCUT2D eigenvalue weighted by atomic mass is 32.2. The first kappa shape index (κ1) is 19.7. The van der Waals surface area contributed by atoms with E-state index in [2.05, 4.69) is 17.2 Å². The van der Waals surface area contributed by atoms with Gasteiger partial charge in [0.05, 0.1) is 10.9 Å². The number of aryl methyl sites for hydroxylation is 1. The molecular weight excluding hydrogens is 354 g/mol. The Bertz CT molecular complexity index is 872. The molecule has 26 heavy (non-hydrogen) atoms. The normalized spacial score (nSPS) is 12.6. The summed E-state index contributed by atoms with van der Waals surface area (Å²) in [4.78, 5) is 12.2. The molecule has 2 N–H and O–H groups in total. The fourth-order valence-electron chi connectivity index (χ4n) is 2.29. The van der Waals surface area contributed by atoms with Crippen molar-refractivity contribution in [3.63, 3.8) is 0 Å². The average molecular weight is 377 g/mol. The number of rotatable bonds is 7. The maximum Gasteiger partial charge on any atom is 0.319 e. The van der Waals surface area contributed by atoms with E-state index < -0.39 is 16.1 Å². The van der Waals surface area contributed by atoms with E-state index in [1.165, 1.54) is 41.7 Å². The number of hydrogen-bond donors (Lipinski definition) is 2. The zero-order valence-corrected chi connectivity index (χ0v) is 15.8. The molecule has 140 valence electrons. The van der Waals surface area contributed by atoms with Crippen LogP contribution < -0.4 is 10.6 Å². The summed E-state index contributed by atoms with van der Waals surface area (Å²) in [5.41, 5.74) is 0.482. The van der Waals surface area contributed by atoms with E-state index >= 15 is 0 Å². The lowest BCUT2D eigenvalue weighted by atomic mass is 10.2. The quantitative estimate of drug-likeness (QED) is 0.725. The molecule has 2 rings (SSSR count). The highest BCUT2D eigenvalue weighted by Gasteiger charge is 2.19. The van der Waals surface area contributed by atoms with Gasteiger partial charge in [-0.3, -0.25) is 0 Å². The number of benzene rings is 1. The minimum absolute atomic E-state index is 0.146. The Hall–Kier alpha value is -2.58. The van der Waals surface area contributed by atoms with Crippen molar-refractivity contribution in [2.75, 3.05) is 18.9 Å². The minimum Gasteiger partial charge on any atom is -0.464 e. The molecule has 0 fully saturated rings. The van der Waals surface area contributed by atoms with Crippen molar-refractivity contribution in [3.8, 4) is 0 Å². The molecule has 0 saturated heterocycles. The molecule has 0 spiro atoms. The Morgan fingerprint density at radius 2 is 1.92 bits per heavy atom. The Balaban J connectivity index is 2.00. The Labute approximate surface area is 153 Å². The molecule has 1 heterocycles. The number of amides is 2. The SMILES string of the molecule is C=CCN(C)S(=O)(=O)c1ccc(NC(=O)NC(C)c2ccc(C)o2)cc1. The number of nitrogens with zero attached hydrogens (tertiary/aromatic N) is 1. The fourth-order valence-corrected chi connectivity index (χ4v) is 3.43. The molecule has 0 saturated carbocycles. The van der Waals surface area contributed by atoms with E-state index in [1.807, 2.05) is 19.9 Å². The maximum absolute atomic E-state index is 12.3. The predicted molar refractivity (Wildman–Crippen MR) is 100 cm³/mol. The number of urea groups is 1. The predicted octanol–water partition coefficient (Wildman–Crippen LogP) is 3.28. The van der Waals surface area contributed by atoms with Gasteiger partial charge in [0, 0.05) is 19.3 Å². The monoisotopic (exact) mass is 377 g/mol. The Morgan fingerprint density at radius 1 is 1.27 bits per heavy atom. The van der Waals surface area contributed by atoms with Gasteiger partial charge in [-0.25, -0.2) is 13.2 Å². The second-order valence-corrected chi connectivity index (χ2v) is 7.91. The number of nitrogens with one attached hydrogen (secondary N) is 2. The molecule has 2 aromatic rings. The van der Waals surface area contributed by atoms with E-state index in [0.29, 0.717) is 11.4 Å². The summed E-state index contributed by atoms with van der Waals surface area (Å²) in [5, 5.41) is 5.42. The van der Waals surface area contributed by atoms with E-state index in [4.69, 9.17) is 4.42 Å². The zero-order valence-electron chi connectivity index (χ0n) is 15.0. The second kappa shape index (κ2) is 8.20.